The van der Waals surface area contributed by atoms with Gasteiger partial charge in [-0.05, 0) is 24.6 Å². The van der Waals surface area contributed by atoms with E-state index < -0.39 is 6.10 Å². The normalized spacial score (nSPS) is 12.6. The van der Waals surface area contributed by atoms with Crippen LogP contribution >= 0.6 is 0 Å². The number of benzene rings is 1. The van der Waals surface area contributed by atoms with Gasteiger partial charge in [0.1, 0.15) is 11.9 Å². The predicted molar refractivity (Wildman–Crippen MR) is 62.8 cm³/mol. The van der Waals surface area contributed by atoms with E-state index in [4.69, 9.17) is 5.73 Å². The third kappa shape index (κ3) is 1.92. The fourth-order valence-corrected chi connectivity index (χ4v) is 1.66. The second-order valence-corrected chi connectivity index (χ2v) is 3.64. The van der Waals surface area contributed by atoms with E-state index in [2.05, 4.69) is 4.98 Å². The van der Waals surface area contributed by atoms with Crippen molar-refractivity contribution in [2.24, 2.45) is 0 Å². The molecule has 2 rings (SSSR count). The number of aromatic nitrogens is 2. The fourth-order valence-electron chi connectivity index (χ4n) is 1.66. The molecule has 4 nitrogen and oxygen atoms in total. The zero-order chi connectivity index (χ0) is 11.5. The first kappa shape index (κ1) is 10.7. The molecule has 16 heavy (non-hydrogen) atoms. The zero-order valence-electron chi connectivity index (χ0n) is 9.17. The van der Waals surface area contributed by atoms with Gasteiger partial charge in [-0.15, -0.1) is 0 Å². The van der Waals surface area contributed by atoms with Crippen molar-refractivity contribution < 1.29 is 5.11 Å². The molecule has 0 radical (unpaired) electrons. The standard InChI is InChI=1S/C12H15N3O/c1-2-15-8-7-14-12(15)11(16)9-3-5-10(13)6-4-9/h3-8,11,16H,2,13H2,1H3. The van der Waals surface area contributed by atoms with Crippen LogP contribution in [0.1, 0.15) is 24.4 Å². The lowest BCUT2D eigenvalue weighted by molar-refractivity contribution is 0.205. The Balaban J connectivity index is 2.31. The van der Waals surface area contributed by atoms with Crippen molar-refractivity contribution in [2.45, 2.75) is 19.6 Å². The fraction of sp³-hybridized carbons (Fsp3) is 0.250. The molecule has 1 heterocycles. The Morgan fingerprint density at radius 3 is 2.69 bits per heavy atom. The van der Waals surface area contributed by atoms with E-state index in [9.17, 15) is 5.11 Å². The summed E-state index contributed by atoms with van der Waals surface area (Å²) in [6.07, 6.45) is 2.85. The van der Waals surface area contributed by atoms with Gasteiger partial charge >= 0.3 is 0 Å². The molecule has 0 amide bonds. The maximum absolute atomic E-state index is 10.2. The van der Waals surface area contributed by atoms with Crippen molar-refractivity contribution >= 4 is 5.69 Å². The van der Waals surface area contributed by atoms with Crippen LogP contribution in [0.4, 0.5) is 5.69 Å². The zero-order valence-corrected chi connectivity index (χ0v) is 9.17. The summed E-state index contributed by atoms with van der Waals surface area (Å²) < 4.78 is 1.92. The maximum atomic E-state index is 10.2. The number of nitrogens with two attached hydrogens (primary N) is 1. The Morgan fingerprint density at radius 2 is 2.06 bits per heavy atom. The highest BCUT2D eigenvalue weighted by atomic mass is 16.3. The second-order valence-electron chi connectivity index (χ2n) is 3.64. The highest BCUT2D eigenvalue weighted by Crippen LogP contribution is 2.21. The van der Waals surface area contributed by atoms with Crippen LogP contribution in [0.25, 0.3) is 0 Å². The predicted octanol–water partition coefficient (Wildman–Crippen LogP) is 1.57. The number of aryl methyl sites for hydroxylation is 1. The molecule has 1 unspecified atom stereocenters. The Hall–Kier alpha value is -1.81. The lowest BCUT2D eigenvalue weighted by Crippen LogP contribution is -2.08. The van der Waals surface area contributed by atoms with E-state index in [1.165, 1.54) is 0 Å². The summed E-state index contributed by atoms with van der Waals surface area (Å²) in [7, 11) is 0. The molecular weight excluding hydrogens is 202 g/mol. The molecule has 3 N–H and O–H groups in total. The van der Waals surface area contributed by atoms with Gasteiger partial charge in [0.05, 0.1) is 0 Å². The van der Waals surface area contributed by atoms with Gasteiger partial charge in [-0.3, -0.25) is 0 Å². The van der Waals surface area contributed by atoms with E-state index >= 15 is 0 Å². The Bertz CT molecular complexity index is 461. The van der Waals surface area contributed by atoms with Crippen molar-refractivity contribution in [2.75, 3.05) is 5.73 Å². The van der Waals surface area contributed by atoms with Gasteiger partial charge in [-0.2, -0.15) is 0 Å². The molecule has 0 spiro atoms. The summed E-state index contributed by atoms with van der Waals surface area (Å²) in [4.78, 5) is 4.17. The molecule has 1 aromatic heterocycles. The number of anilines is 1. The number of hydrogen-bond donors (Lipinski definition) is 2. The number of hydrogen-bond acceptors (Lipinski definition) is 3. The summed E-state index contributed by atoms with van der Waals surface area (Å²) in [6.45, 7) is 2.81. The van der Waals surface area contributed by atoms with E-state index in [1.807, 2.05) is 29.8 Å². The third-order valence-corrected chi connectivity index (χ3v) is 2.59. The summed E-state index contributed by atoms with van der Waals surface area (Å²) in [5.74, 6) is 0.660. The molecule has 0 aliphatic carbocycles. The van der Waals surface area contributed by atoms with E-state index in [-0.39, 0.29) is 0 Å². The molecule has 0 aliphatic heterocycles. The minimum Gasteiger partial charge on any atom is -0.399 e. The van der Waals surface area contributed by atoms with Crippen LogP contribution in [0, 0.1) is 0 Å². The van der Waals surface area contributed by atoms with Gasteiger partial charge in [-0.1, -0.05) is 12.1 Å². The summed E-state index contributed by atoms with van der Waals surface area (Å²) in [6, 6.07) is 7.18. The van der Waals surface area contributed by atoms with Gasteiger partial charge in [0.25, 0.3) is 0 Å². The summed E-state index contributed by atoms with van der Waals surface area (Å²) >= 11 is 0. The van der Waals surface area contributed by atoms with E-state index in [0.717, 1.165) is 12.1 Å². The molecular formula is C12H15N3O. The van der Waals surface area contributed by atoms with E-state index in [1.54, 1.807) is 18.3 Å². The number of nitrogen functional groups attached to an aromatic ring is 1. The number of aliphatic hydroxyl groups is 1. The highest BCUT2D eigenvalue weighted by Gasteiger charge is 2.14. The number of aliphatic hydroxyl groups excluding tert-OH is 1. The van der Waals surface area contributed by atoms with Gasteiger partial charge < -0.3 is 15.4 Å². The summed E-state index contributed by atoms with van der Waals surface area (Å²) in [5.41, 5.74) is 7.09. The number of imidazole rings is 1. The maximum Gasteiger partial charge on any atom is 0.142 e. The Morgan fingerprint density at radius 1 is 1.38 bits per heavy atom. The molecule has 0 bridgehead atoms. The molecule has 0 aliphatic rings. The minimum absolute atomic E-state index is 0.660. The average molecular weight is 217 g/mol. The smallest absolute Gasteiger partial charge is 0.142 e. The van der Waals surface area contributed by atoms with Gasteiger partial charge in [0.2, 0.25) is 0 Å². The summed E-state index contributed by atoms with van der Waals surface area (Å²) in [5, 5.41) is 10.2. The van der Waals surface area contributed by atoms with Crippen LogP contribution in [0.2, 0.25) is 0 Å². The van der Waals surface area contributed by atoms with Gasteiger partial charge in [0.15, 0.2) is 0 Å². The minimum atomic E-state index is -0.699. The van der Waals surface area contributed by atoms with Crippen molar-refractivity contribution in [1.29, 1.82) is 0 Å². The Kier molecular flexibility index (Phi) is 2.92. The van der Waals surface area contributed by atoms with Gasteiger partial charge in [0, 0.05) is 24.6 Å². The van der Waals surface area contributed by atoms with Crippen molar-refractivity contribution in [3.05, 3.63) is 48.0 Å². The molecule has 0 saturated carbocycles. The first-order valence-corrected chi connectivity index (χ1v) is 5.27. The first-order chi connectivity index (χ1) is 7.72. The molecule has 1 aromatic carbocycles. The highest BCUT2D eigenvalue weighted by molar-refractivity contribution is 5.40. The van der Waals surface area contributed by atoms with Crippen molar-refractivity contribution in [1.82, 2.24) is 9.55 Å². The Labute approximate surface area is 94.4 Å². The molecule has 1 atom stereocenters. The number of rotatable bonds is 3. The average Bonchev–Trinajstić information content (AvgIpc) is 2.77. The van der Waals surface area contributed by atoms with Crippen molar-refractivity contribution in [3.8, 4) is 0 Å². The number of nitrogens with zero attached hydrogens (tertiary/aromatic N) is 2. The lowest BCUT2D eigenvalue weighted by Gasteiger charge is -2.12. The largest absolute Gasteiger partial charge is 0.399 e. The van der Waals surface area contributed by atoms with Crippen LogP contribution in [0.3, 0.4) is 0 Å². The molecule has 84 valence electrons. The van der Waals surface area contributed by atoms with E-state index in [0.29, 0.717) is 11.5 Å². The van der Waals surface area contributed by atoms with Crippen molar-refractivity contribution in [3.63, 3.8) is 0 Å². The SMILES string of the molecule is CCn1ccnc1C(O)c1ccc(N)cc1. The van der Waals surface area contributed by atoms with Gasteiger partial charge in [-0.25, -0.2) is 4.98 Å². The second kappa shape index (κ2) is 4.37. The lowest BCUT2D eigenvalue weighted by atomic mass is 10.1. The molecule has 2 aromatic rings. The molecule has 4 heteroatoms. The van der Waals surface area contributed by atoms with Crippen LogP contribution in [0.5, 0.6) is 0 Å². The van der Waals surface area contributed by atoms with Crippen LogP contribution in [0.15, 0.2) is 36.7 Å². The molecule has 0 saturated heterocycles. The molecule has 0 fully saturated rings. The quantitative estimate of drug-likeness (QED) is 0.767. The van der Waals surface area contributed by atoms with Crippen LogP contribution < -0.4 is 5.73 Å². The first-order valence-electron chi connectivity index (χ1n) is 5.27. The van der Waals surface area contributed by atoms with Crippen LogP contribution in [-0.4, -0.2) is 14.7 Å². The monoisotopic (exact) mass is 217 g/mol. The topological polar surface area (TPSA) is 64.1 Å². The third-order valence-electron chi connectivity index (χ3n) is 2.59. The van der Waals surface area contributed by atoms with Crippen LogP contribution in [-0.2, 0) is 6.54 Å².